The molecule has 1 N–H and O–H groups in total. The molecule has 3 aromatic rings. The van der Waals surface area contributed by atoms with Crippen LogP contribution >= 0.6 is 0 Å². The van der Waals surface area contributed by atoms with Crippen molar-refractivity contribution in [3.8, 4) is 0 Å². The molecule has 5 nitrogen and oxygen atoms in total. The number of carbonyl (C=O) groups is 1. The first kappa shape index (κ1) is 20.5. The number of hydrogen-bond donors (Lipinski definition) is 1. The molecule has 0 radical (unpaired) electrons. The highest BCUT2D eigenvalue weighted by Gasteiger charge is 2.23. The molecule has 0 saturated heterocycles. The topological polar surface area (TPSA) is 66.5 Å². The van der Waals surface area contributed by atoms with Gasteiger partial charge in [0.2, 0.25) is 0 Å². The maximum absolute atomic E-state index is 13.3. The van der Waals surface area contributed by atoms with Crippen LogP contribution in [0.2, 0.25) is 0 Å². The Morgan fingerprint density at radius 2 is 1.72 bits per heavy atom. The van der Waals surface area contributed by atoms with Gasteiger partial charge in [-0.1, -0.05) is 36.4 Å². The van der Waals surface area contributed by atoms with Crippen LogP contribution in [0.5, 0.6) is 0 Å². The summed E-state index contributed by atoms with van der Waals surface area (Å²) in [6.07, 6.45) is 0. The van der Waals surface area contributed by atoms with E-state index in [9.17, 15) is 17.6 Å². The van der Waals surface area contributed by atoms with Gasteiger partial charge in [0.15, 0.2) is 0 Å². The lowest BCUT2D eigenvalue weighted by Gasteiger charge is -2.21. The fraction of sp³-hybridized carbons (Fsp3) is 0.136. The molecule has 0 fully saturated rings. The number of sulfonamides is 1. The van der Waals surface area contributed by atoms with Gasteiger partial charge in [0, 0.05) is 19.2 Å². The van der Waals surface area contributed by atoms with Crippen LogP contribution in [0.4, 0.5) is 10.1 Å². The third-order valence-corrected chi connectivity index (χ3v) is 6.32. The minimum Gasteiger partial charge on any atom is -0.348 e. The minimum atomic E-state index is -3.84. The van der Waals surface area contributed by atoms with E-state index in [1.165, 1.54) is 47.8 Å². The third-order valence-electron chi connectivity index (χ3n) is 4.55. The van der Waals surface area contributed by atoms with Crippen molar-refractivity contribution in [2.24, 2.45) is 0 Å². The summed E-state index contributed by atoms with van der Waals surface area (Å²) in [5.41, 5.74) is 2.21. The second kappa shape index (κ2) is 8.45. The molecule has 3 aromatic carbocycles. The Kier molecular flexibility index (Phi) is 5.98. The zero-order valence-electron chi connectivity index (χ0n) is 16.1. The predicted molar refractivity (Wildman–Crippen MR) is 111 cm³/mol. The molecule has 0 aliphatic rings. The van der Waals surface area contributed by atoms with E-state index >= 15 is 0 Å². The van der Waals surface area contributed by atoms with Gasteiger partial charge in [-0.05, 0) is 54.4 Å². The van der Waals surface area contributed by atoms with Crippen molar-refractivity contribution in [2.75, 3.05) is 11.4 Å². The molecular formula is C22H21FN2O3S. The highest BCUT2D eigenvalue weighted by atomic mass is 32.2. The summed E-state index contributed by atoms with van der Waals surface area (Å²) >= 11 is 0. The summed E-state index contributed by atoms with van der Waals surface area (Å²) in [5, 5.41) is 2.68. The average Bonchev–Trinajstić information content (AvgIpc) is 2.72. The molecule has 3 rings (SSSR count). The fourth-order valence-electron chi connectivity index (χ4n) is 2.93. The van der Waals surface area contributed by atoms with Gasteiger partial charge < -0.3 is 5.32 Å². The van der Waals surface area contributed by atoms with Gasteiger partial charge in [-0.15, -0.1) is 0 Å². The highest BCUT2D eigenvalue weighted by Crippen LogP contribution is 2.25. The largest absolute Gasteiger partial charge is 0.348 e. The van der Waals surface area contributed by atoms with E-state index < -0.39 is 15.9 Å². The maximum Gasteiger partial charge on any atom is 0.264 e. The first-order valence-corrected chi connectivity index (χ1v) is 10.4. The number of benzene rings is 3. The van der Waals surface area contributed by atoms with Crippen LogP contribution in [-0.4, -0.2) is 21.4 Å². The van der Waals surface area contributed by atoms with Gasteiger partial charge in [-0.2, -0.15) is 0 Å². The lowest BCUT2D eigenvalue weighted by Crippen LogP contribution is -2.28. The molecule has 0 aliphatic heterocycles. The smallest absolute Gasteiger partial charge is 0.264 e. The predicted octanol–water partition coefficient (Wildman–Crippen LogP) is 3.89. The van der Waals surface area contributed by atoms with Crippen molar-refractivity contribution in [3.63, 3.8) is 0 Å². The number of carbonyl (C=O) groups excluding carboxylic acids is 1. The van der Waals surface area contributed by atoms with Crippen LogP contribution in [0.3, 0.4) is 0 Å². The number of aryl methyl sites for hydroxylation is 1. The highest BCUT2D eigenvalue weighted by molar-refractivity contribution is 7.92. The van der Waals surface area contributed by atoms with Gasteiger partial charge >= 0.3 is 0 Å². The van der Waals surface area contributed by atoms with Gasteiger partial charge in [-0.25, -0.2) is 12.8 Å². The summed E-state index contributed by atoms with van der Waals surface area (Å²) in [4.78, 5) is 12.5. The number of nitrogens with one attached hydrogen (secondary N) is 1. The van der Waals surface area contributed by atoms with E-state index in [1.54, 1.807) is 24.3 Å². The van der Waals surface area contributed by atoms with Gasteiger partial charge in [0.1, 0.15) is 5.82 Å². The number of halogens is 1. The minimum absolute atomic E-state index is 0.0154. The number of hydrogen-bond acceptors (Lipinski definition) is 3. The Morgan fingerprint density at radius 3 is 2.45 bits per heavy atom. The molecule has 1 amide bonds. The van der Waals surface area contributed by atoms with E-state index in [0.29, 0.717) is 11.3 Å². The second-order valence-corrected chi connectivity index (χ2v) is 8.57. The molecule has 0 saturated carbocycles. The van der Waals surface area contributed by atoms with Crippen molar-refractivity contribution in [2.45, 2.75) is 18.4 Å². The van der Waals surface area contributed by atoms with E-state index in [2.05, 4.69) is 5.32 Å². The molecule has 0 spiro atoms. The van der Waals surface area contributed by atoms with Crippen molar-refractivity contribution >= 4 is 21.6 Å². The number of nitrogens with zero attached hydrogens (tertiary/aromatic N) is 1. The molecule has 0 bridgehead atoms. The summed E-state index contributed by atoms with van der Waals surface area (Å²) in [6.45, 7) is 1.97. The van der Waals surface area contributed by atoms with E-state index in [1.807, 2.05) is 19.1 Å². The van der Waals surface area contributed by atoms with Gasteiger partial charge in [-0.3, -0.25) is 9.10 Å². The summed E-state index contributed by atoms with van der Waals surface area (Å²) < 4.78 is 40.5. The van der Waals surface area contributed by atoms with Crippen LogP contribution in [-0.2, 0) is 16.6 Å². The summed E-state index contributed by atoms with van der Waals surface area (Å²) in [5.74, 6) is -0.825. The first-order valence-electron chi connectivity index (χ1n) is 8.96. The standard InChI is InChI=1S/C22H21FN2O3S/c1-16-7-3-4-12-21(16)25(2)29(27,28)20-11-6-9-18(14-20)22(26)24-15-17-8-5-10-19(23)13-17/h3-14H,15H2,1-2H3,(H,24,26). The molecule has 0 atom stereocenters. The Morgan fingerprint density at radius 1 is 1.00 bits per heavy atom. The normalized spacial score (nSPS) is 11.1. The zero-order valence-corrected chi connectivity index (χ0v) is 16.9. The number of anilines is 1. The van der Waals surface area contributed by atoms with Crippen molar-refractivity contribution in [1.82, 2.24) is 5.32 Å². The number of para-hydroxylation sites is 1. The summed E-state index contributed by atoms with van der Waals surface area (Å²) in [6, 6.07) is 18.9. The number of amides is 1. The average molecular weight is 412 g/mol. The lowest BCUT2D eigenvalue weighted by molar-refractivity contribution is 0.0950. The Hall–Kier alpha value is -3.19. The molecule has 0 heterocycles. The van der Waals surface area contributed by atoms with Crippen LogP contribution in [0.1, 0.15) is 21.5 Å². The van der Waals surface area contributed by atoms with Crippen LogP contribution in [0.25, 0.3) is 0 Å². The van der Waals surface area contributed by atoms with E-state index in [0.717, 1.165) is 5.56 Å². The SMILES string of the molecule is Cc1ccccc1N(C)S(=O)(=O)c1cccc(C(=O)NCc2cccc(F)c2)c1. The van der Waals surface area contributed by atoms with E-state index in [-0.39, 0.29) is 22.8 Å². The van der Waals surface area contributed by atoms with Gasteiger partial charge in [0.05, 0.1) is 10.6 Å². The summed E-state index contributed by atoms with van der Waals surface area (Å²) in [7, 11) is -2.36. The third kappa shape index (κ3) is 4.63. The Bertz CT molecular complexity index is 1150. The zero-order chi connectivity index (χ0) is 21.0. The Labute approximate surface area is 169 Å². The maximum atomic E-state index is 13.3. The molecule has 0 unspecified atom stereocenters. The first-order chi connectivity index (χ1) is 13.8. The second-order valence-electron chi connectivity index (χ2n) is 6.60. The van der Waals surface area contributed by atoms with Crippen LogP contribution in [0.15, 0.2) is 77.7 Å². The Balaban J connectivity index is 1.81. The molecule has 150 valence electrons. The fourth-order valence-corrected chi connectivity index (χ4v) is 4.24. The van der Waals surface area contributed by atoms with E-state index in [4.69, 9.17) is 0 Å². The van der Waals surface area contributed by atoms with Gasteiger partial charge in [0.25, 0.3) is 15.9 Å². The van der Waals surface area contributed by atoms with Crippen molar-refractivity contribution in [3.05, 3.63) is 95.3 Å². The molecule has 7 heteroatoms. The molecular weight excluding hydrogens is 391 g/mol. The molecule has 0 aromatic heterocycles. The lowest BCUT2D eigenvalue weighted by atomic mass is 10.2. The monoisotopic (exact) mass is 412 g/mol. The van der Waals surface area contributed by atoms with Crippen molar-refractivity contribution in [1.29, 1.82) is 0 Å². The molecule has 29 heavy (non-hydrogen) atoms. The van der Waals surface area contributed by atoms with Crippen molar-refractivity contribution < 1.29 is 17.6 Å². The quantitative estimate of drug-likeness (QED) is 0.668. The van der Waals surface area contributed by atoms with Crippen LogP contribution < -0.4 is 9.62 Å². The number of rotatable bonds is 6. The molecule has 0 aliphatic carbocycles. The van der Waals surface area contributed by atoms with Crippen LogP contribution in [0, 0.1) is 12.7 Å².